The van der Waals surface area contributed by atoms with E-state index < -0.39 is 0 Å². The molecule has 0 amide bonds. The Bertz CT molecular complexity index is 583. The number of hydrogen-bond donors (Lipinski definition) is 1. The van der Waals surface area contributed by atoms with E-state index in [0.29, 0.717) is 0 Å². The molecule has 2 aromatic rings. The number of methoxy groups -OCH3 is 1. The van der Waals surface area contributed by atoms with Crippen molar-refractivity contribution in [2.75, 3.05) is 12.4 Å². The van der Waals surface area contributed by atoms with E-state index in [2.05, 4.69) is 10.3 Å². The summed E-state index contributed by atoms with van der Waals surface area (Å²) in [7, 11) is 1.45. The molecule has 5 heteroatoms. The number of aromatic nitrogens is 1. The van der Waals surface area contributed by atoms with E-state index in [1.54, 1.807) is 23.5 Å². The molecular weight excluding hydrogens is 263 g/mol. The fourth-order valence-corrected chi connectivity index (χ4v) is 2.94. The van der Waals surface area contributed by atoms with Crippen molar-refractivity contribution in [3.8, 4) is 5.75 Å². The number of thiazole rings is 1. The molecule has 19 heavy (non-hydrogen) atoms. The predicted molar refractivity (Wildman–Crippen MR) is 76.6 cm³/mol. The summed E-state index contributed by atoms with van der Waals surface area (Å²) in [5, 5.41) is 4.30. The van der Waals surface area contributed by atoms with Crippen molar-refractivity contribution in [1.29, 1.82) is 0 Å². The van der Waals surface area contributed by atoms with E-state index in [4.69, 9.17) is 4.74 Å². The van der Waals surface area contributed by atoms with Crippen LogP contribution in [-0.4, -0.2) is 12.1 Å². The highest BCUT2D eigenvalue weighted by Crippen LogP contribution is 2.27. The summed E-state index contributed by atoms with van der Waals surface area (Å²) in [5.41, 5.74) is 1.73. The van der Waals surface area contributed by atoms with E-state index in [9.17, 15) is 4.39 Å². The lowest BCUT2D eigenvalue weighted by Crippen LogP contribution is -2.08. The van der Waals surface area contributed by atoms with Crippen LogP contribution < -0.4 is 10.1 Å². The Hall–Kier alpha value is -1.62. The molecule has 0 aliphatic carbocycles. The van der Waals surface area contributed by atoms with Crippen molar-refractivity contribution >= 4 is 17.0 Å². The molecule has 2 rings (SSSR count). The summed E-state index contributed by atoms with van der Waals surface area (Å²) in [6.45, 7) is 6.05. The number of hydrogen-bond acceptors (Lipinski definition) is 4. The molecule has 0 aliphatic rings. The fourth-order valence-electron chi connectivity index (χ4n) is 2.02. The Labute approximate surface area is 116 Å². The lowest BCUT2D eigenvalue weighted by molar-refractivity contribution is 0.386. The van der Waals surface area contributed by atoms with Gasteiger partial charge in [0.2, 0.25) is 0 Å². The lowest BCUT2D eigenvalue weighted by Gasteiger charge is -2.15. The van der Waals surface area contributed by atoms with Crippen molar-refractivity contribution in [3.05, 3.63) is 39.6 Å². The topological polar surface area (TPSA) is 34.1 Å². The molecule has 0 spiro atoms. The number of anilines is 1. The van der Waals surface area contributed by atoms with Gasteiger partial charge >= 0.3 is 0 Å². The number of nitrogens with one attached hydrogen (secondary N) is 1. The summed E-state index contributed by atoms with van der Waals surface area (Å²) in [5.74, 6) is -0.121. The van der Waals surface area contributed by atoms with Crippen molar-refractivity contribution in [2.45, 2.75) is 26.8 Å². The molecule has 0 bridgehead atoms. The number of rotatable bonds is 4. The van der Waals surface area contributed by atoms with Crippen molar-refractivity contribution in [3.63, 3.8) is 0 Å². The molecule has 0 fully saturated rings. The van der Waals surface area contributed by atoms with Crippen LogP contribution in [0.3, 0.4) is 0 Å². The average molecular weight is 280 g/mol. The minimum atomic E-state index is -0.370. The van der Waals surface area contributed by atoms with Gasteiger partial charge in [-0.1, -0.05) is 0 Å². The van der Waals surface area contributed by atoms with Crippen LogP contribution in [-0.2, 0) is 0 Å². The first-order chi connectivity index (χ1) is 9.01. The number of halogens is 1. The first kappa shape index (κ1) is 13.8. The standard InChI is InChI=1S/C14H17FN2OS/c1-8(14-9(2)19-10(3)17-14)16-11-5-6-13(18-4)12(15)7-11/h5-8,16H,1-4H3. The third kappa shape index (κ3) is 3.04. The Morgan fingerprint density at radius 3 is 2.63 bits per heavy atom. The molecule has 0 aliphatic heterocycles. The zero-order valence-corrected chi connectivity index (χ0v) is 12.3. The van der Waals surface area contributed by atoms with Crippen LogP contribution in [0.4, 0.5) is 10.1 Å². The van der Waals surface area contributed by atoms with Crippen molar-refractivity contribution < 1.29 is 9.13 Å². The second kappa shape index (κ2) is 5.57. The molecule has 102 valence electrons. The average Bonchev–Trinajstić information content (AvgIpc) is 2.69. The maximum Gasteiger partial charge on any atom is 0.167 e. The molecule has 1 aromatic heterocycles. The van der Waals surface area contributed by atoms with Gasteiger partial charge in [-0.25, -0.2) is 9.37 Å². The highest BCUT2D eigenvalue weighted by atomic mass is 32.1. The first-order valence-electron chi connectivity index (χ1n) is 6.05. The van der Waals surface area contributed by atoms with Gasteiger partial charge in [0, 0.05) is 16.6 Å². The Kier molecular flexibility index (Phi) is 4.04. The highest BCUT2D eigenvalue weighted by molar-refractivity contribution is 7.11. The van der Waals surface area contributed by atoms with Crippen LogP contribution >= 0.6 is 11.3 Å². The minimum Gasteiger partial charge on any atom is -0.494 e. The van der Waals surface area contributed by atoms with E-state index in [-0.39, 0.29) is 17.6 Å². The normalized spacial score (nSPS) is 12.3. The third-order valence-electron chi connectivity index (χ3n) is 2.88. The van der Waals surface area contributed by atoms with Crippen molar-refractivity contribution in [1.82, 2.24) is 4.98 Å². The van der Waals surface area contributed by atoms with Crippen molar-refractivity contribution in [2.24, 2.45) is 0 Å². The van der Waals surface area contributed by atoms with Crippen LogP contribution in [0, 0.1) is 19.7 Å². The van der Waals surface area contributed by atoms with Gasteiger partial charge in [-0.05, 0) is 32.9 Å². The molecule has 1 unspecified atom stereocenters. The molecule has 1 heterocycles. The summed E-state index contributed by atoms with van der Waals surface area (Å²) >= 11 is 1.67. The lowest BCUT2D eigenvalue weighted by atomic mass is 10.2. The second-order valence-electron chi connectivity index (χ2n) is 4.39. The van der Waals surface area contributed by atoms with Gasteiger partial charge in [0.15, 0.2) is 11.6 Å². The van der Waals surface area contributed by atoms with Gasteiger partial charge in [-0.3, -0.25) is 0 Å². The Balaban J connectivity index is 2.17. The minimum absolute atomic E-state index is 0.0396. The number of aryl methyl sites for hydroxylation is 2. The zero-order valence-electron chi connectivity index (χ0n) is 11.5. The van der Waals surface area contributed by atoms with E-state index in [1.807, 2.05) is 20.8 Å². The molecule has 1 N–H and O–H groups in total. The van der Waals surface area contributed by atoms with Gasteiger partial charge in [0.1, 0.15) is 0 Å². The molecular formula is C14H17FN2OS. The quantitative estimate of drug-likeness (QED) is 0.916. The fraction of sp³-hybridized carbons (Fsp3) is 0.357. The molecule has 0 saturated carbocycles. The van der Waals surface area contributed by atoms with E-state index in [1.165, 1.54) is 18.1 Å². The van der Waals surface area contributed by atoms with E-state index in [0.717, 1.165) is 16.4 Å². The van der Waals surface area contributed by atoms with Crippen LogP contribution in [0.15, 0.2) is 18.2 Å². The van der Waals surface area contributed by atoms with Gasteiger partial charge in [0.25, 0.3) is 0 Å². The monoisotopic (exact) mass is 280 g/mol. The van der Waals surface area contributed by atoms with E-state index >= 15 is 0 Å². The van der Waals surface area contributed by atoms with Gasteiger partial charge in [-0.2, -0.15) is 0 Å². The zero-order chi connectivity index (χ0) is 14.0. The second-order valence-corrected chi connectivity index (χ2v) is 5.80. The number of ether oxygens (including phenoxy) is 1. The molecule has 1 atom stereocenters. The predicted octanol–water partition coefficient (Wildman–Crippen LogP) is 4.08. The maximum atomic E-state index is 13.6. The summed E-state index contributed by atoms with van der Waals surface area (Å²) in [4.78, 5) is 5.69. The summed E-state index contributed by atoms with van der Waals surface area (Å²) in [6.07, 6.45) is 0. The number of nitrogens with zero attached hydrogens (tertiary/aromatic N) is 1. The van der Waals surface area contributed by atoms with Crippen LogP contribution in [0.25, 0.3) is 0 Å². The van der Waals surface area contributed by atoms with Crippen LogP contribution in [0.2, 0.25) is 0 Å². The van der Waals surface area contributed by atoms with Gasteiger partial charge in [-0.15, -0.1) is 11.3 Å². The Morgan fingerprint density at radius 1 is 1.37 bits per heavy atom. The van der Waals surface area contributed by atoms with Gasteiger partial charge in [0.05, 0.1) is 23.9 Å². The highest BCUT2D eigenvalue weighted by Gasteiger charge is 2.13. The smallest absolute Gasteiger partial charge is 0.167 e. The molecule has 3 nitrogen and oxygen atoms in total. The largest absolute Gasteiger partial charge is 0.494 e. The number of benzene rings is 1. The molecule has 0 radical (unpaired) electrons. The van der Waals surface area contributed by atoms with Gasteiger partial charge < -0.3 is 10.1 Å². The molecule has 0 saturated heterocycles. The molecule has 1 aromatic carbocycles. The first-order valence-corrected chi connectivity index (χ1v) is 6.87. The van der Waals surface area contributed by atoms with Crippen LogP contribution in [0.5, 0.6) is 5.75 Å². The Morgan fingerprint density at radius 2 is 2.11 bits per heavy atom. The third-order valence-corrected chi connectivity index (χ3v) is 3.79. The van der Waals surface area contributed by atoms with Crippen LogP contribution in [0.1, 0.15) is 28.5 Å². The SMILES string of the molecule is COc1ccc(NC(C)c2nc(C)sc2C)cc1F. The summed E-state index contributed by atoms with van der Waals surface area (Å²) in [6, 6.07) is 4.89. The maximum absolute atomic E-state index is 13.6. The summed E-state index contributed by atoms with van der Waals surface area (Å²) < 4.78 is 18.5.